The zero-order chi connectivity index (χ0) is 14.8. The van der Waals surface area contributed by atoms with Crippen LogP contribution in [-0.4, -0.2) is 19.0 Å². The van der Waals surface area contributed by atoms with Gasteiger partial charge in [0, 0.05) is 18.5 Å². The molecule has 1 rings (SSSR count). The average Bonchev–Trinajstić information content (AvgIpc) is 2.44. The molecule has 1 amide bonds. The Morgan fingerprint density at radius 3 is 2.35 bits per heavy atom. The summed E-state index contributed by atoms with van der Waals surface area (Å²) in [6, 6.07) is 7.74. The molecular formula is C16H23NO3. The van der Waals surface area contributed by atoms with Gasteiger partial charge in [-0.3, -0.25) is 9.59 Å². The van der Waals surface area contributed by atoms with Gasteiger partial charge in [-0.2, -0.15) is 0 Å². The Balaban J connectivity index is 2.12. The van der Waals surface area contributed by atoms with E-state index in [1.54, 1.807) is 0 Å². The molecule has 0 atom stereocenters. The molecule has 0 radical (unpaired) electrons. The number of para-hydroxylation sites is 1. The first-order valence-electron chi connectivity index (χ1n) is 7.06. The van der Waals surface area contributed by atoms with Crippen molar-refractivity contribution in [2.75, 3.05) is 12.4 Å². The van der Waals surface area contributed by atoms with E-state index in [9.17, 15) is 9.59 Å². The van der Waals surface area contributed by atoms with Gasteiger partial charge in [-0.15, -0.1) is 0 Å². The molecule has 20 heavy (non-hydrogen) atoms. The van der Waals surface area contributed by atoms with E-state index in [2.05, 4.69) is 10.1 Å². The van der Waals surface area contributed by atoms with E-state index in [0.717, 1.165) is 36.9 Å². The number of esters is 1. The number of rotatable bonds is 8. The van der Waals surface area contributed by atoms with E-state index in [0.29, 0.717) is 12.8 Å². The summed E-state index contributed by atoms with van der Waals surface area (Å²) in [5.74, 6) is -0.116. The monoisotopic (exact) mass is 277 g/mol. The SMILES string of the molecule is COC(=O)CCCCCCC(=O)Nc1ccccc1C. The predicted molar refractivity (Wildman–Crippen MR) is 79.5 cm³/mol. The maximum absolute atomic E-state index is 11.8. The quantitative estimate of drug-likeness (QED) is 0.585. The van der Waals surface area contributed by atoms with E-state index in [-0.39, 0.29) is 11.9 Å². The van der Waals surface area contributed by atoms with Crippen LogP contribution >= 0.6 is 0 Å². The van der Waals surface area contributed by atoms with Crippen LogP contribution in [0.3, 0.4) is 0 Å². The van der Waals surface area contributed by atoms with Crippen LogP contribution in [0.4, 0.5) is 5.69 Å². The number of unbranched alkanes of at least 4 members (excludes halogenated alkanes) is 3. The molecular weight excluding hydrogens is 254 g/mol. The predicted octanol–water partition coefficient (Wildman–Crippen LogP) is 3.45. The number of aryl methyl sites for hydroxylation is 1. The maximum atomic E-state index is 11.8. The van der Waals surface area contributed by atoms with Gasteiger partial charge in [0.2, 0.25) is 5.91 Å². The molecule has 1 N–H and O–H groups in total. The topological polar surface area (TPSA) is 55.4 Å². The summed E-state index contributed by atoms with van der Waals surface area (Å²) in [6.07, 6.45) is 4.56. The molecule has 110 valence electrons. The number of nitrogens with one attached hydrogen (secondary N) is 1. The Kier molecular flexibility index (Phi) is 7.40. The first kappa shape index (κ1) is 16.2. The lowest BCUT2D eigenvalue weighted by Gasteiger charge is -2.07. The van der Waals surface area contributed by atoms with Gasteiger partial charge >= 0.3 is 5.97 Å². The minimum absolute atomic E-state index is 0.0484. The summed E-state index contributed by atoms with van der Waals surface area (Å²) in [5, 5.41) is 2.92. The van der Waals surface area contributed by atoms with Crippen molar-refractivity contribution < 1.29 is 14.3 Å². The van der Waals surface area contributed by atoms with Crippen LogP contribution in [0.15, 0.2) is 24.3 Å². The first-order chi connectivity index (χ1) is 9.63. The molecule has 0 bridgehead atoms. The van der Waals surface area contributed by atoms with Gasteiger partial charge in [-0.25, -0.2) is 0 Å². The van der Waals surface area contributed by atoms with E-state index in [4.69, 9.17) is 0 Å². The highest BCUT2D eigenvalue weighted by molar-refractivity contribution is 5.91. The molecule has 0 aliphatic carbocycles. The lowest BCUT2D eigenvalue weighted by Crippen LogP contribution is -2.11. The molecule has 0 aliphatic heterocycles. The van der Waals surface area contributed by atoms with Crippen LogP contribution in [0.25, 0.3) is 0 Å². The summed E-state index contributed by atoms with van der Waals surface area (Å²) in [7, 11) is 1.40. The van der Waals surface area contributed by atoms with Gasteiger partial charge in [0.05, 0.1) is 7.11 Å². The minimum Gasteiger partial charge on any atom is -0.469 e. The van der Waals surface area contributed by atoms with Crippen molar-refractivity contribution in [3.8, 4) is 0 Å². The Bertz CT molecular complexity index is 443. The molecule has 1 aromatic carbocycles. The van der Waals surface area contributed by atoms with Crippen LogP contribution in [0.1, 0.15) is 44.1 Å². The van der Waals surface area contributed by atoms with Crippen LogP contribution in [0.2, 0.25) is 0 Å². The Morgan fingerprint density at radius 1 is 1.05 bits per heavy atom. The minimum atomic E-state index is -0.165. The molecule has 0 aromatic heterocycles. The number of ether oxygens (including phenoxy) is 1. The lowest BCUT2D eigenvalue weighted by molar-refractivity contribution is -0.140. The molecule has 1 aromatic rings. The standard InChI is InChI=1S/C16H23NO3/c1-13-9-7-8-10-14(13)17-15(18)11-5-3-4-6-12-16(19)20-2/h7-10H,3-6,11-12H2,1-2H3,(H,17,18). The van der Waals surface area contributed by atoms with Gasteiger partial charge in [-0.05, 0) is 31.4 Å². The molecule has 0 fully saturated rings. The summed E-state index contributed by atoms with van der Waals surface area (Å²) >= 11 is 0. The van der Waals surface area contributed by atoms with Gasteiger partial charge in [0.25, 0.3) is 0 Å². The van der Waals surface area contributed by atoms with Crippen LogP contribution in [-0.2, 0) is 14.3 Å². The molecule has 0 saturated heterocycles. The molecule has 4 heteroatoms. The summed E-state index contributed by atoms with van der Waals surface area (Å²) in [4.78, 5) is 22.7. The number of hydrogen-bond donors (Lipinski definition) is 1. The fourth-order valence-corrected chi connectivity index (χ4v) is 1.94. The highest BCUT2D eigenvalue weighted by atomic mass is 16.5. The third-order valence-corrected chi connectivity index (χ3v) is 3.18. The van der Waals surface area contributed by atoms with Crippen molar-refractivity contribution in [3.05, 3.63) is 29.8 Å². The molecule has 0 saturated carbocycles. The van der Waals surface area contributed by atoms with Crippen molar-refractivity contribution in [3.63, 3.8) is 0 Å². The Hall–Kier alpha value is -1.84. The zero-order valence-electron chi connectivity index (χ0n) is 12.3. The molecule has 4 nitrogen and oxygen atoms in total. The second-order valence-corrected chi connectivity index (χ2v) is 4.85. The number of carbonyl (C=O) groups is 2. The van der Waals surface area contributed by atoms with Gasteiger partial charge in [0.15, 0.2) is 0 Å². The highest BCUT2D eigenvalue weighted by Gasteiger charge is 2.04. The third-order valence-electron chi connectivity index (χ3n) is 3.18. The van der Waals surface area contributed by atoms with Crippen molar-refractivity contribution in [2.45, 2.75) is 45.4 Å². The van der Waals surface area contributed by atoms with E-state index < -0.39 is 0 Å². The summed E-state index contributed by atoms with van der Waals surface area (Å²) in [5.41, 5.74) is 1.95. The lowest BCUT2D eigenvalue weighted by atomic mass is 10.1. The van der Waals surface area contributed by atoms with Crippen LogP contribution in [0, 0.1) is 6.92 Å². The molecule has 0 aliphatic rings. The molecule has 0 spiro atoms. The molecule has 0 heterocycles. The van der Waals surface area contributed by atoms with E-state index in [1.807, 2.05) is 31.2 Å². The summed E-state index contributed by atoms with van der Waals surface area (Å²) < 4.78 is 4.57. The fraction of sp³-hybridized carbons (Fsp3) is 0.500. The largest absolute Gasteiger partial charge is 0.469 e. The number of carbonyl (C=O) groups excluding carboxylic acids is 2. The molecule has 0 unspecified atom stereocenters. The van der Waals surface area contributed by atoms with Gasteiger partial charge in [-0.1, -0.05) is 31.0 Å². The normalized spacial score (nSPS) is 10.1. The smallest absolute Gasteiger partial charge is 0.305 e. The Morgan fingerprint density at radius 2 is 1.70 bits per heavy atom. The van der Waals surface area contributed by atoms with Crippen molar-refractivity contribution >= 4 is 17.6 Å². The zero-order valence-corrected chi connectivity index (χ0v) is 12.3. The summed E-state index contributed by atoms with van der Waals surface area (Å²) in [6.45, 7) is 1.97. The average molecular weight is 277 g/mol. The first-order valence-corrected chi connectivity index (χ1v) is 7.06. The maximum Gasteiger partial charge on any atom is 0.305 e. The highest BCUT2D eigenvalue weighted by Crippen LogP contribution is 2.14. The number of methoxy groups -OCH3 is 1. The van der Waals surface area contributed by atoms with E-state index in [1.165, 1.54) is 7.11 Å². The van der Waals surface area contributed by atoms with Crippen molar-refractivity contribution in [2.24, 2.45) is 0 Å². The second-order valence-electron chi connectivity index (χ2n) is 4.85. The third kappa shape index (κ3) is 6.36. The van der Waals surface area contributed by atoms with E-state index >= 15 is 0 Å². The number of anilines is 1. The fourth-order valence-electron chi connectivity index (χ4n) is 1.94. The van der Waals surface area contributed by atoms with Gasteiger partial charge < -0.3 is 10.1 Å². The Labute approximate surface area is 120 Å². The second kappa shape index (κ2) is 9.13. The van der Waals surface area contributed by atoms with Crippen molar-refractivity contribution in [1.29, 1.82) is 0 Å². The van der Waals surface area contributed by atoms with Crippen LogP contribution in [0.5, 0.6) is 0 Å². The number of amides is 1. The number of hydrogen-bond acceptors (Lipinski definition) is 3. The number of benzene rings is 1. The van der Waals surface area contributed by atoms with Crippen molar-refractivity contribution in [1.82, 2.24) is 0 Å². The van der Waals surface area contributed by atoms with Gasteiger partial charge in [0.1, 0.15) is 0 Å². The van der Waals surface area contributed by atoms with Crippen LogP contribution < -0.4 is 5.32 Å².